The second kappa shape index (κ2) is 3.01. The molecule has 1 unspecified atom stereocenters. The van der Waals surface area contributed by atoms with Gasteiger partial charge in [-0.1, -0.05) is 31.0 Å². The number of fused-ring (bicyclic) bond motifs is 1. The van der Waals surface area contributed by atoms with Crippen LogP contribution in [-0.2, 0) is 0 Å². The van der Waals surface area contributed by atoms with Crippen molar-refractivity contribution in [3.05, 3.63) is 24.3 Å². The lowest BCUT2D eigenvalue weighted by Gasteiger charge is -2.23. The standard InChI is InChI=1S/C8H9NS3/c1-11-12(10)6-9-7-4-2-3-5-8(7)12/h2-6,10H,1H3. The number of nitrogens with zero attached hydrogens (tertiary/aromatic N) is 1. The van der Waals surface area contributed by atoms with Crippen molar-refractivity contribution in [2.75, 3.05) is 6.26 Å². The molecule has 0 radical (unpaired) electrons. The van der Waals surface area contributed by atoms with Gasteiger partial charge in [-0.15, -0.1) is 11.7 Å². The molecule has 1 aromatic carbocycles. The van der Waals surface area contributed by atoms with Crippen LogP contribution in [0.15, 0.2) is 34.2 Å². The number of aliphatic imine (C=N–C) groups is 1. The summed E-state index contributed by atoms with van der Waals surface area (Å²) in [6, 6.07) is 8.20. The number of rotatable bonds is 1. The van der Waals surface area contributed by atoms with Crippen LogP contribution in [0.5, 0.6) is 0 Å². The van der Waals surface area contributed by atoms with Gasteiger partial charge in [-0.25, -0.2) is 4.99 Å². The Morgan fingerprint density at radius 1 is 1.42 bits per heavy atom. The molecule has 1 aromatic rings. The van der Waals surface area contributed by atoms with Crippen LogP contribution in [0.4, 0.5) is 5.69 Å². The average molecular weight is 215 g/mol. The third kappa shape index (κ3) is 1.18. The van der Waals surface area contributed by atoms with Crippen LogP contribution in [-0.4, -0.2) is 11.8 Å². The Labute approximate surface area is 82.2 Å². The zero-order chi connectivity index (χ0) is 8.60. The van der Waals surface area contributed by atoms with Crippen LogP contribution in [0.3, 0.4) is 0 Å². The molecule has 0 saturated heterocycles. The minimum Gasteiger partial charge on any atom is -0.248 e. The smallest absolute Gasteiger partial charge is 0.0775 e. The van der Waals surface area contributed by atoms with Crippen molar-refractivity contribution in [1.29, 1.82) is 0 Å². The Morgan fingerprint density at radius 2 is 2.17 bits per heavy atom. The Hall–Kier alpha value is -0.0600. The Bertz CT molecular complexity index is 337. The van der Waals surface area contributed by atoms with E-state index in [4.69, 9.17) is 0 Å². The van der Waals surface area contributed by atoms with Crippen molar-refractivity contribution in [1.82, 2.24) is 0 Å². The molecule has 1 atom stereocenters. The van der Waals surface area contributed by atoms with Crippen molar-refractivity contribution in [2.24, 2.45) is 4.99 Å². The van der Waals surface area contributed by atoms with Crippen LogP contribution in [0.1, 0.15) is 0 Å². The minimum absolute atomic E-state index is 1.08. The Balaban J connectivity index is 2.56. The van der Waals surface area contributed by atoms with Gasteiger partial charge in [0.1, 0.15) is 0 Å². The predicted molar refractivity (Wildman–Crippen MR) is 63.0 cm³/mol. The van der Waals surface area contributed by atoms with Crippen molar-refractivity contribution in [2.45, 2.75) is 4.90 Å². The van der Waals surface area contributed by atoms with Gasteiger partial charge in [0.25, 0.3) is 0 Å². The summed E-state index contributed by atoms with van der Waals surface area (Å²) in [5, 5.41) is 0. The zero-order valence-electron chi connectivity index (χ0n) is 6.60. The Kier molecular flexibility index (Phi) is 2.14. The molecule has 0 saturated carbocycles. The number of thiol groups is 1. The summed E-state index contributed by atoms with van der Waals surface area (Å²) in [6.45, 7) is 0. The van der Waals surface area contributed by atoms with Crippen molar-refractivity contribution in [3.63, 3.8) is 0 Å². The van der Waals surface area contributed by atoms with Gasteiger partial charge in [-0.3, -0.25) is 0 Å². The lowest BCUT2D eigenvalue weighted by atomic mass is 10.3. The zero-order valence-corrected chi connectivity index (χ0v) is 9.13. The lowest BCUT2D eigenvalue weighted by molar-refractivity contribution is 1.41. The third-order valence-corrected chi connectivity index (χ3v) is 8.18. The molecular formula is C8H9NS3. The molecule has 4 heteroatoms. The Morgan fingerprint density at radius 3 is 2.92 bits per heavy atom. The van der Waals surface area contributed by atoms with E-state index in [0.29, 0.717) is 0 Å². The first-order chi connectivity index (χ1) is 5.76. The molecular weight excluding hydrogens is 206 g/mol. The second-order valence-corrected chi connectivity index (χ2v) is 9.61. The number of hydrogen-bond donors (Lipinski definition) is 1. The molecule has 1 aliphatic heterocycles. The van der Waals surface area contributed by atoms with Gasteiger partial charge in [0.05, 0.1) is 11.2 Å². The summed E-state index contributed by atoms with van der Waals surface area (Å²) >= 11 is 4.66. The molecule has 0 aliphatic carbocycles. The van der Waals surface area contributed by atoms with Crippen molar-refractivity contribution >= 4 is 41.8 Å². The summed E-state index contributed by atoms with van der Waals surface area (Å²) in [5.74, 6) is 0. The number of para-hydroxylation sites is 1. The molecule has 0 aromatic heterocycles. The molecule has 0 N–H and O–H groups in total. The van der Waals surface area contributed by atoms with Gasteiger partial charge < -0.3 is 0 Å². The summed E-state index contributed by atoms with van der Waals surface area (Å²) in [6.07, 6.45) is 2.08. The van der Waals surface area contributed by atoms with E-state index in [1.54, 1.807) is 10.8 Å². The summed E-state index contributed by atoms with van der Waals surface area (Å²) in [7, 11) is 0.694. The highest BCUT2D eigenvalue weighted by molar-refractivity contribution is 9.26. The fraction of sp³-hybridized carbons (Fsp3) is 0.125. The first kappa shape index (κ1) is 8.53. The molecule has 2 rings (SSSR count). The van der Waals surface area contributed by atoms with E-state index in [1.165, 1.54) is 4.90 Å². The van der Waals surface area contributed by atoms with Gasteiger partial charge in [-0.2, -0.15) is 0 Å². The molecule has 0 amide bonds. The normalized spacial score (nSPS) is 31.2. The topological polar surface area (TPSA) is 12.4 Å². The maximum absolute atomic E-state index is 4.66. The van der Waals surface area contributed by atoms with Crippen molar-refractivity contribution in [3.8, 4) is 0 Å². The minimum atomic E-state index is -1.08. The predicted octanol–water partition coefficient (Wildman–Crippen LogP) is 3.65. The van der Waals surface area contributed by atoms with E-state index < -0.39 is 8.09 Å². The lowest BCUT2D eigenvalue weighted by Crippen LogP contribution is -1.81. The van der Waals surface area contributed by atoms with E-state index in [0.717, 1.165) is 5.69 Å². The van der Waals surface area contributed by atoms with Gasteiger partial charge in [0.15, 0.2) is 0 Å². The van der Waals surface area contributed by atoms with Crippen LogP contribution in [0.25, 0.3) is 0 Å². The largest absolute Gasteiger partial charge is 0.248 e. The fourth-order valence-electron chi connectivity index (χ4n) is 1.13. The number of hydrogen-bond acceptors (Lipinski definition) is 3. The van der Waals surface area contributed by atoms with Gasteiger partial charge in [0.2, 0.25) is 0 Å². The van der Waals surface area contributed by atoms with E-state index in [-0.39, 0.29) is 0 Å². The first-order valence-corrected chi connectivity index (χ1v) is 8.00. The summed E-state index contributed by atoms with van der Waals surface area (Å²) in [5.41, 5.74) is 3.06. The van der Waals surface area contributed by atoms with E-state index in [2.05, 4.69) is 29.0 Å². The molecule has 12 heavy (non-hydrogen) atoms. The quantitative estimate of drug-likeness (QED) is 0.557. The molecule has 64 valence electrons. The SMILES string of the molecule is CSS1(S)C=Nc2ccccc21. The molecule has 1 aliphatic rings. The van der Waals surface area contributed by atoms with Crippen molar-refractivity contribution < 1.29 is 0 Å². The number of benzene rings is 1. The van der Waals surface area contributed by atoms with Gasteiger partial charge >= 0.3 is 0 Å². The van der Waals surface area contributed by atoms with Crippen LogP contribution < -0.4 is 0 Å². The molecule has 0 spiro atoms. The van der Waals surface area contributed by atoms with Gasteiger partial charge in [-0.05, 0) is 18.4 Å². The van der Waals surface area contributed by atoms with E-state index in [9.17, 15) is 0 Å². The van der Waals surface area contributed by atoms with Crippen LogP contribution >= 0.6 is 30.5 Å². The van der Waals surface area contributed by atoms with E-state index in [1.807, 2.05) is 23.7 Å². The highest BCUT2D eigenvalue weighted by atomic mass is 33.5. The summed E-state index contributed by atoms with van der Waals surface area (Å²) < 4.78 is 0. The summed E-state index contributed by atoms with van der Waals surface area (Å²) in [4.78, 5) is 5.62. The third-order valence-electron chi connectivity index (χ3n) is 1.77. The van der Waals surface area contributed by atoms with Gasteiger partial charge in [0, 0.05) is 4.90 Å². The van der Waals surface area contributed by atoms with Crippen LogP contribution in [0, 0.1) is 0 Å². The molecule has 1 nitrogen and oxygen atoms in total. The van der Waals surface area contributed by atoms with E-state index >= 15 is 0 Å². The highest BCUT2D eigenvalue weighted by Crippen LogP contribution is 2.71. The maximum atomic E-state index is 4.66. The first-order valence-electron chi connectivity index (χ1n) is 3.51. The second-order valence-electron chi connectivity index (χ2n) is 2.44. The van der Waals surface area contributed by atoms with Crippen LogP contribution in [0.2, 0.25) is 0 Å². The fourth-order valence-corrected chi connectivity index (χ4v) is 4.41. The monoisotopic (exact) mass is 215 g/mol. The molecule has 0 fully saturated rings. The highest BCUT2D eigenvalue weighted by Gasteiger charge is 2.26. The molecule has 0 bridgehead atoms. The maximum Gasteiger partial charge on any atom is 0.0775 e. The average Bonchev–Trinajstić information content (AvgIpc) is 2.46. The molecule has 1 heterocycles.